The molecule has 1 N–H and O–H groups in total. The van der Waals surface area contributed by atoms with Crippen LogP contribution >= 0.6 is 0 Å². The van der Waals surface area contributed by atoms with Crippen molar-refractivity contribution < 1.29 is 0 Å². The predicted molar refractivity (Wildman–Crippen MR) is 84.6 cm³/mol. The molecule has 0 aliphatic heterocycles. The smallest absolute Gasteiger partial charge is 0.0446 e. The molecule has 1 atom stereocenters. The van der Waals surface area contributed by atoms with Crippen molar-refractivity contribution in [2.75, 3.05) is 20.6 Å². The Balaban J connectivity index is 2.77. The molecule has 108 valence electrons. The molecule has 0 spiro atoms. The number of aryl methyl sites for hydroxylation is 1. The van der Waals surface area contributed by atoms with Crippen molar-refractivity contribution in [1.29, 1.82) is 0 Å². The normalized spacial score (nSPS) is 13.8. The van der Waals surface area contributed by atoms with E-state index >= 15 is 0 Å². The summed E-state index contributed by atoms with van der Waals surface area (Å²) in [7, 11) is 4.26. The first kappa shape index (κ1) is 16.2. The second-order valence-corrected chi connectivity index (χ2v) is 5.98. The Morgan fingerprint density at radius 2 is 1.74 bits per heavy atom. The molecular formula is C17H30N2. The van der Waals surface area contributed by atoms with E-state index in [1.807, 2.05) is 7.05 Å². The van der Waals surface area contributed by atoms with Gasteiger partial charge in [-0.25, -0.2) is 0 Å². The van der Waals surface area contributed by atoms with Gasteiger partial charge in [0.2, 0.25) is 0 Å². The molecule has 0 bridgehead atoms. The second kappa shape index (κ2) is 7.06. The molecule has 0 aromatic heterocycles. The van der Waals surface area contributed by atoms with Crippen molar-refractivity contribution in [2.45, 2.75) is 52.1 Å². The summed E-state index contributed by atoms with van der Waals surface area (Å²) >= 11 is 0. The molecule has 1 unspecified atom stereocenters. The van der Waals surface area contributed by atoms with Crippen LogP contribution in [0.15, 0.2) is 24.3 Å². The van der Waals surface area contributed by atoms with Gasteiger partial charge in [-0.1, -0.05) is 38.1 Å². The average molecular weight is 262 g/mol. The minimum absolute atomic E-state index is 0.248. The van der Waals surface area contributed by atoms with Gasteiger partial charge in [0.05, 0.1) is 0 Å². The van der Waals surface area contributed by atoms with E-state index in [2.05, 4.69) is 69.2 Å². The summed E-state index contributed by atoms with van der Waals surface area (Å²) < 4.78 is 0. The molecule has 2 nitrogen and oxygen atoms in total. The maximum Gasteiger partial charge on any atom is 0.0446 e. The summed E-state index contributed by atoms with van der Waals surface area (Å²) in [4.78, 5) is 2.45. The van der Waals surface area contributed by atoms with Crippen molar-refractivity contribution in [1.82, 2.24) is 10.2 Å². The third-order valence-corrected chi connectivity index (χ3v) is 4.49. The van der Waals surface area contributed by atoms with E-state index in [-0.39, 0.29) is 5.54 Å². The SMILES string of the molecule is CCc1ccc(C(CN(C)C(C)(C)CC)NC)cc1. The fraction of sp³-hybridized carbons (Fsp3) is 0.647. The molecule has 0 saturated carbocycles. The van der Waals surface area contributed by atoms with Crippen molar-refractivity contribution in [3.63, 3.8) is 0 Å². The maximum absolute atomic E-state index is 3.44. The molecule has 0 aliphatic rings. The van der Waals surface area contributed by atoms with Crippen molar-refractivity contribution in [2.24, 2.45) is 0 Å². The van der Waals surface area contributed by atoms with Crippen LogP contribution in [0.5, 0.6) is 0 Å². The summed E-state index contributed by atoms with van der Waals surface area (Å²) in [5.41, 5.74) is 3.03. The minimum atomic E-state index is 0.248. The Labute approximate surface area is 119 Å². The van der Waals surface area contributed by atoms with Gasteiger partial charge in [0.1, 0.15) is 0 Å². The van der Waals surface area contributed by atoms with E-state index in [4.69, 9.17) is 0 Å². The molecule has 1 aromatic rings. The van der Waals surface area contributed by atoms with E-state index in [9.17, 15) is 0 Å². The lowest BCUT2D eigenvalue weighted by Gasteiger charge is -2.37. The zero-order valence-corrected chi connectivity index (χ0v) is 13.5. The first-order chi connectivity index (χ1) is 8.94. The lowest BCUT2D eigenvalue weighted by atomic mass is 9.97. The first-order valence-corrected chi connectivity index (χ1v) is 7.42. The number of rotatable bonds is 7. The van der Waals surface area contributed by atoms with Crippen LogP contribution in [0, 0.1) is 0 Å². The van der Waals surface area contributed by atoms with Crippen molar-refractivity contribution in [3.05, 3.63) is 35.4 Å². The van der Waals surface area contributed by atoms with Gasteiger partial charge in [-0.2, -0.15) is 0 Å². The van der Waals surface area contributed by atoms with E-state index < -0.39 is 0 Å². The molecular weight excluding hydrogens is 232 g/mol. The van der Waals surface area contributed by atoms with Gasteiger partial charge in [0.25, 0.3) is 0 Å². The average Bonchev–Trinajstić information content (AvgIpc) is 2.44. The standard InChI is InChI=1S/C17H30N2/c1-7-14-9-11-15(12-10-14)16(18-5)13-19(6)17(3,4)8-2/h9-12,16,18H,7-8,13H2,1-6H3. The van der Waals surface area contributed by atoms with Crippen LogP contribution in [-0.2, 0) is 6.42 Å². The summed E-state index contributed by atoms with van der Waals surface area (Å²) in [6.07, 6.45) is 2.27. The Morgan fingerprint density at radius 1 is 1.16 bits per heavy atom. The Morgan fingerprint density at radius 3 is 2.16 bits per heavy atom. The molecule has 0 fully saturated rings. The summed E-state index contributed by atoms with van der Waals surface area (Å²) in [6.45, 7) is 10.1. The predicted octanol–water partition coefficient (Wildman–Crippen LogP) is 3.63. The van der Waals surface area contributed by atoms with Crippen molar-refractivity contribution in [3.8, 4) is 0 Å². The quantitative estimate of drug-likeness (QED) is 0.807. The molecule has 2 heteroatoms. The molecule has 0 amide bonds. The van der Waals surface area contributed by atoms with Gasteiger partial charge in [-0.05, 0) is 51.9 Å². The number of benzene rings is 1. The summed E-state index contributed by atoms with van der Waals surface area (Å²) in [6, 6.07) is 9.39. The number of hydrogen-bond acceptors (Lipinski definition) is 2. The van der Waals surface area contributed by atoms with E-state index in [0.29, 0.717) is 6.04 Å². The Bertz CT molecular complexity index is 367. The third-order valence-electron chi connectivity index (χ3n) is 4.49. The summed E-state index contributed by atoms with van der Waals surface area (Å²) in [5.74, 6) is 0. The molecule has 1 aromatic carbocycles. The maximum atomic E-state index is 3.44. The van der Waals surface area contributed by atoms with E-state index in [0.717, 1.165) is 19.4 Å². The molecule has 0 aliphatic carbocycles. The zero-order chi connectivity index (χ0) is 14.5. The molecule has 0 heterocycles. The van der Waals surface area contributed by atoms with Crippen LogP contribution < -0.4 is 5.32 Å². The van der Waals surface area contributed by atoms with Crippen LogP contribution in [-0.4, -0.2) is 31.1 Å². The van der Waals surface area contributed by atoms with Crippen LogP contribution in [0.2, 0.25) is 0 Å². The lowest BCUT2D eigenvalue weighted by molar-refractivity contribution is 0.137. The highest BCUT2D eigenvalue weighted by atomic mass is 15.2. The van der Waals surface area contributed by atoms with Crippen molar-refractivity contribution >= 4 is 0 Å². The fourth-order valence-corrected chi connectivity index (χ4v) is 2.14. The van der Waals surface area contributed by atoms with Gasteiger partial charge in [-0.3, -0.25) is 4.90 Å². The number of likely N-dealkylation sites (N-methyl/N-ethyl adjacent to an activating group) is 2. The Hall–Kier alpha value is -0.860. The van der Waals surface area contributed by atoms with E-state index in [1.165, 1.54) is 11.1 Å². The second-order valence-electron chi connectivity index (χ2n) is 5.98. The highest BCUT2D eigenvalue weighted by Crippen LogP contribution is 2.21. The van der Waals surface area contributed by atoms with Crippen LogP contribution in [0.4, 0.5) is 0 Å². The molecule has 19 heavy (non-hydrogen) atoms. The third kappa shape index (κ3) is 4.32. The molecule has 0 radical (unpaired) electrons. The molecule has 0 saturated heterocycles. The van der Waals surface area contributed by atoms with E-state index in [1.54, 1.807) is 0 Å². The zero-order valence-electron chi connectivity index (χ0n) is 13.5. The lowest BCUT2D eigenvalue weighted by Crippen LogP contribution is -2.44. The highest BCUT2D eigenvalue weighted by molar-refractivity contribution is 5.25. The van der Waals surface area contributed by atoms with Gasteiger partial charge in [-0.15, -0.1) is 0 Å². The van der Waals surface area contributed by atoms with Gasteiger partial charge in [0.15, 0.2) is 0 Å². The van der Waals surface area contributed by atoms with Gasteiger partial charge < -0.3 is 5.32 Å². The molecule has 1 rings (SSSR count). The van der Waals surface area contributed by atoms with Crippen LogP contribution in [0.3, 0.4) is 0 Å². The van der Waals surface area contributed by atoms with Crippen LogP contribution in [0.25, 0.3) is 0 Å². The topological polar surface area (TPSA) is 15.3 Å². The van der Waals surface area contributed by atoms with Crippen LogP contribution in [0.1, 0.15) is 51.3 Å². The highest BCUT2D eigenvalue weighted by Gasteiger charge is 2.23. The fourth-order valence-electron chi connectivity index (χ4n) is 2.14. The monoisotopic (exact) mass is 262 g/mol. The number of nitrogens with one attached hydrogen (secondary N) is 1. The van der Waals surface area contributed by atoms with Gasteiger partial charge in [0, 0.05) is 18.1 Å². The minimum Gasteiger partial charge on any atom is -0.312 e. The number of hydrogen-bond donors (Lipinski definition) is 1. The summed E-state index contributed by atoms with van der Waals surface area (Å²) in [5, 5.41) is 3.44. The Kier molecular flexibility index (Phi) is 6.02. The number of nitrogens with zero attached hydrogens (tertiary/aromatic N) is 1. The van der Waals surface area contributed by atoms with Gasteiger partial charge >= 0.3 is 0 Å². The first-order valence-electron chi connectivity index (χ1n) is 7.42. The largest absolute Gasteiger partial charge is 0.312 e.